The Balaban J connectivity index is 1.63. The fraction of sp³-hybridized carbons (Fsp3) is 0.550. The average molecular weight is 375 g/mol. The van der Waals surface area contributed by atoms with Crippen molar-refractivity contribution in [3.63, 3.8) is 0 Å². The highest BCUT2D eigenvalue weighted by Crippen LogP contribution is 2.37. The van der Waals surface area contributed by atoms with E-state index < -0.39 is 10.0 Å². The predicted molar refractivity (Wildman–Crippen MR) is 99.4 cm³/mol. The lowest BCUT2D eigenvalue weighted by Gasteiger charge is -2.24. The van der Waals surface area contributed by atoms with Gasteiger partial charge in [-0.25, -0.2) is 8.42 Å². The molecule has 5 nitrogen and oxygen atoms in total. The molecule has 0 N–H and O–H groups in total. The van der Waals surface area contributed by atoms with Crippen LogP contribution in [0.2, 0.25) is 0 Å². The quantitative estimate of drug-likeness (QED) is 0.792. The number of rotatable bonds is 5. The Morgan fingerprint density at radius 3 is 2.77 bits per heavy atom. The molecular weight excluding hydrogens is 348 g/mol. The van der Waals surface area contributed by atoms with E-state index in [4.69, 9.17) is 4.52 Å². The second-order valence-corrected chi connectivity index (χ2v) is 9.27. The van der Waals surface area contributed by atoms with Gasteiger partial charge in [-0.2, -0.15) is 4.31 Å². The zero-order valence-electron chi connectivity index (χ0n) is 15.3. The first-order valence-corrected chi connectivity index (χ1v) is 11.1. The molecule has 2 aromatic rings. The molecule has 0 saturated carbocycles. The van der Waals surface area contributed by atoms with Crippen LogP contribution in [0.5, 0.6) is 0 Å². The smallest absolute Gasteiger partial charge is 0.243 e. The summed E-state index contributed by atoms with van der Waals surface area (Å²) in [5.74, 6) is 0.834. The topological polar surface area (TPSA) is 63.4 Å². The molecule has 2 aliphatic rings. The highest BCUT2D eigenvalue weighted by Gasteiger charge is 2.38. The minimum atomic E-state index is -3.52. The van der Waals surface area contributed by atoms with Gasteiger partial charge in [0, 0.05) is 19.0 Å². The number of hydrogen-bond acceptors (Lipinski definition) is 4. The fourth-order valence-electron chi connectivity index (χ4n) is 4.18. The molecule has 0 radical (unpaired) electrons. The second kappa shape index (κ2) is 7.16. The first-order valence-electron chi connectivity index (χ1n) is 9.68. The van der Waals surface area contributed by atoms with Crippen molar-refractivity contribution in [2.24, 2.45) is 0 Å². The molecule has 2 heterocycles. The van der Waals surface area contributed by atoms with Crippen LogP contribution in [0.4, 0.5) is 0 Å². The van der Waals surface area contributed by atoms with Crippen molar-refractivity contribution in [3.05, 3.63) is 46.8 Å². The molecule has 0 spiro atoms. The molecule has 1 aliphatic heterocycles. The summed E-state index contributed by atoms with van der Waals surface area (Å²) >= 11 is 0. The maximum atomic E-state index is 13.3. The van der Waals surface area contributed by atoms with Crippen LogP contribution in [-0.4, -0.2) is 24.4 Å². The Morgan fingerprint density at radius 2 is 1.96 bits per heavy atom. The monoisotopic (exact) mass is 374 g/mol. The molecule has 4 rings (SSSR count). The Hall–Kier alpha value is -1.66. The van der Waals surface area contributed by atoms with Gasteiger partial charge in [-0.05, 0) is 68.2 Å². The van der Waals surface area contributed by atoms with E-state index in [9.17, 15) is 8.42 Å². The van der Waals surface area contributed by atoms with E-state index in [-0.39, 0.29) is 6.04 Å². The van der Waals surface area contributed by atoms with Crippen LogP contribution in [0.3, 0.4) is 0 Å². The van der Waals surface area contributed by atoms with Crippen molar-refractivity contribution >= 4 is 10.0 Å². The van der Waals surface area contributed by atoms with Gasteiger partial charge in [0.25, 0.3) is 0 Å². The zero-order valence-corrected chi connectivity index (χ0v) is 16.1. The molecule has 1 aromatic carbocycles. The molecule has 26 heavy (non-hydrogen) atoms. The maximum Gasteiger partial charge on any atom is 0.243 e. The molecule has 0 bridgehead atoms. The number of nitrogens with zero attached hydrogens (tertiary/aromatic N) is 2. The number of hydrogen-bond donors (Lipinski definition) is 0. The molecule has 6 heteroatoms. The third-order valence-corrected chi connectivity index (χ3v) is 7.45. The first kappa shape index (κ1) is 17.7. The number of benzene rings is 1. The number of aromatic nitrogens is 1. The van der Waals surface area contributed by atoms with Crippen LogP contribution in [0.25, 0.3) is 0 Å². The van der Waals surface area contributed by atoms with Gasteiger partial charge in [0.1, 0.15) is 11.5 Å². The van der Waals surface area contributed by atoms with Gasteiger partial charge in [0.2, 0.25) is 10.0 Å². The molecule has 1 atom stereocenters. The molecule has 140 valence electrons. The van der Waals surface area contributed by atoms with E-state index in [1.165, 1.54) is 17.5 Å². The molecule has 1 fully saturated rings. The van der Waals surface area contributed by atoms with Crippen LogP contribution in [0.15, 0.2) is 33.7 Å². The highest BCUT2D eigenvalue weighted by molar-refractivity contribution is 7.89. The molecular formula is C20H26N2O3S. The Kier molecular flexibility index (Phi) is 4.88. The Bertz CT molecular complexity index is 888. The molecule has 0 unspecified atom stereocenters. The fourth-order valence-corrected chi connectivity index (χ4v) is 5.90. The standard InChI is InChI=1S/C20H26N2O3S/c1-2-6-17-14-19(21-25-17)20-9-5-12-22(20)26(23,24)18-11-10-15-7-3-4-8-16(15)13-18/h10-11,13-14,20H,2-9,12H2,1H3/t20-/m0/s1. The summed E-state index contributed by atoms with van der Waals surface area (Å²) < 4.78 is 33.6. The van der Waals surface area contributed by atoms with Crippen LogP contribution in [0.1, 0.15) is 67.7 Å². The van der Waals surface area contributed by atoms with Crippen molar-refractivity contribution in [2.75, 3.05) is 6.54 Å². The van der Waals surface area contributed by atoms with E-state index in [1.54, 1.807) is 10.4 Å². The van der Waals surface area contributed by atoms with E-state index in [1.807, 2.05) is 18.2 Å². The van der Waals surface area contributed by atoms with Crippen molar-refractivity contribution in [1.82, 2.24) is 9.46 Å². The van der Waals surface area contributed by atoms with Crippen LogP contribution >= 0.6 is 0 Å². The van der Waals surface area contributed by atoms with E-state index in [2.05, 4.69) is 12.1 Å². The zero-order chi connectivity index (χ0) is 18.1. The molecule has 1 aromatic heterocycles. The van der Waals surface area contributed by atoms with Crippen molar-refractivity contribution < 1.29 is 12.9 Å². The summed E-state index contributed by atoms with van der Waals surface area (Å²) in [6, 6.07) is 7.38. The summed E-state index contributed by atoms with van der Waals surface area (Å²) in [5, 5.41) is 4.16. The van der Waals surface area contributed by atoms with Gasteiger partial charge in [0.15, 0.2) is 0 Å². The van der Waals surface area contributed by atoms with E-state index >= 15 is 0 Å². The van der Waals surface area contributed by atoms with Crippen LogP contribution < -0.4 is 0 Å². The summed E-state index contributed by atoms with van der Waals surface area (Å²) in [5.41, 5.74) is 3.24. The highest BCUT2D eigenvalue weighted by atomic mass is 32.2. The normalized spacial score (nSPS) is 21.0. The predicted octanol–water partition coefficient (Wildman–Crippen LogP) is 4.03. The molecule has 0 amide bonds. The van der Waals surface area contributed by atoms with Gasteiger partial charge < -0.3 is 4.52 Å². The minimum Gasteiger partial charge on any atom is -0.361 e. The summed E-state index contributed by atoms with van der Waals surface area (Å²) in [7, 11) is -3.52. The Morgan fingerprint density at radius 1 is 1.15 bits per heavy atom. The maximum absolute atomic E-state index is 13.3. The summed E-state index contributed by atoms with van der Waals surface area (Å²) in [6.07, 6.45) is 7.83. The lowest BCUT2D eigenvalue weighted by molar-refractivity contribution is 0.343. The Labute approximate surface area is 155 Å². The number of aryl methyl sites for hydroxylation is 3. The third-order valence-electron chi connectivity index (χ3n) is 5.55. The molecule has 1 aliphatic carbocycles. The average Bonchev–Trinajstić information content (AvgIpc) is 3.31. The van der Waals surface area contributed by atoms with Crippen molar-refractivity contribution in [2.45, 2.75) is 69.2 Å². The van der Waals surface area contributed by atoms with Gasteiger partial charge in [0.05, 0.1) is 10.9 Å². The van der Waals surface area contributed by atoms with E-state index in [0.29, 0.717) is 11.4 Å². The van der Waals surface area contributed by atoms with Crippen LogP contribution in [-0.2, 0) is 29.3 Å². The largest absolute Gasteiger partial charge is 0.361 e. The number of sulfonamides is 1. The lowest BCUT2D eigenvalue weighted by Crippen LogP contribution is -2.31. The van der Waals surface area contributed by atoms with Gasteiger partial charge in [-0.15, -0.1) is 0 Å². The summed E-state index contributed by atoms with van der Waals surface area (Å²) in [4.78, 5) is 0.419. The minimum absolute atomic E-state index is 0.217. The third kappa shape index (κ3) is 3.21. The van der Waals surface area contributed by atoms with Gasteiger partial charge in [-0.1, -0.05) is 18.1 Å². The number of fused-ring (bicyclic) bond motifs is 1. The molecule has 1 saturated heterocycles. The second-order valence-electron chi connectivity index (χ2n) is 7.38. The SMILES string of the molecule is CCCc1cc([C@@H]2CCCN2S(=O)(=O)c2ccc3c(c2)CCCC3)no1. The van der Waals surface area contributed by atoms with Gasteiger partial charge in [-0.3, -0.25) is 0 Å². The van der Waals surface area contributed by atoms with E-state index in [0.717, 1.165) is 56.4 Å². The van der Waals surface area contributed by atoms with Crippen molar-refractivity contribution in [1.29, 1.82) is 0 Å². The van der Waals surface area contributed by atoms with Gasteiger partial charge >= 0.3 is 0 Å². The first-order chi connectivity index (χ1) is 12.6. The lowest BCUT2D eigenvalue weighted by atomic mass is 9.92. The summed E-state index contributed by atoms with van der Waals surface area (Å²) in [6.45, 7) is 2.63. The van der Waals surface area contributed by atoms with Crippen molar-refractivity contribution in [3.8, 4) is 0 Å². The van der Waals surface area contributed by atoms with Crippen LogP contribution in [0, 0.1) is 0 Å².